The number of hydrogen-bond acceptors (Lipinski definition) is 4. The van der Waals surface area contributed by atoms with Gasteiger partial charge < -0.3 is 10.8 Å². The third-order valence-electron chi connectivity index (χ3n) is 2.53. The molecule has 0 saturated heterocycles. The van der Waals surface area contributed by atoms with E-state index in [1.807, 2.05) is 0 Å². The van der Waals surface area contributed by atoms with Gasteiger partial charge in [0.05, 0.1) is 17.7 Å². The van der Waals surface area contributed by atoms with Crippen LogP contribution < -0.4 is 10.5 Å². The second-order valence-corrected chi connectivity index (χ2v) is 5.91. The molecule has 0 aliphatic heterocycles. The van der Waals surface area contributed by atoms with Crippen molar-refractivity contribution in [3.8, 4) is 0 Å². The van der Waals surface area contributed by atoms with E-state index in [0.717, 1.165) is 22.5 Å². The second kappa shape index (κ2) is 6.50. The lowest BCUT2D eigenvalue weighted by Crippen LogP contribution is -2.34. The van der Waals surface area contributed by atoms with Gasteiger partial charge in [0, 0.05) is 13.6 Å². The number of hydrogen-bond donors (Lipinski definition) is 3. The average Bonchev–Trinajstić information content (AvgIpc) is 2.37. The maximum atomic E-state index is 13.3. The molecule has 8 nitrogen and oxygen atoms in total. The van der Waals surface area contributed by atoms with Crippen molar-refractivity contribution in [1.29, 1.82) is 0 Å². The van der Waals surface area contributed by atoms with Gasteiger partial charge in [-0.2, -0.15) is 12.7 Å². The molecule has 21 heavy (non-hydrogen) atoms. The zero-order valence-corrected chi connectivity index (χ0v) is 11.9. The van der Waals surface area contributed by atoms with E-state index in [1.54, 1.807) is 0 Å². The number of amides is 1. The lowest BCUT2D eigenvalue weighted by atomic mass is 10.2. The van der Waals surface area contributed by atoms with Gasteiger partial charge in [-0.1, -0.05) is 0 Å². The van der Waals surface area contributed by atoms with Gasteiger partial charge in [0.2, 0.25) is 0 Å². The second-order valence-electron chi connectivity index (χ2n) is 4.13. The Bertz CT molecular complexity index is 662. The number of carboxylic acid groups (broad SMARTS) is 1. The van der Waals surface area contributed by atoms with Crippen LogP contribution in [-0.4, -0.2) is 43.3 Å². The van der Waals surface area contributed by atoms with Crippen molar-refractivity contribution < 1.29 is 27.5 Å². The first-order chi connectivity index (χ1) is 9.63. The van der Waals surface area contributed by atoms with Crippen molar-refractivity contribution in [3.63, 3.8) is 0 Å². The molecule has 0 bridgehead atoms. The van der Waals surface area contributed by atoms with Crippen molar-refractivity contribution in [1.82, 2.24) is 4.31 Å². The first-order valence-corrected chi connectivity index (χ1v) is 7.12. The van der Waals surface area contributed by atoms with Crippen LogP contribution in [0.4, 0.5) is 10.1 Å². The third-order valence-corrected chi connectivity index (χ3v) is 4.03. The van der Waals surface area contributed by atoms with Crippen LogP contribution in [0.5, 0.6) is 0 Å². The smallest absolute Gasteiger partial charge is 0.304 e. The topological polar surface area (TPSA) is 130 Å². The highest BCUT2D eigenvalue weighted by Gasteiger charge is 2.19. The molecule has 4 N–H and O–H groups in total. The number of carboxylic acids is 1. The highest BCUT2D eigenvalue weighted by atomic mass is 32.2. The molecule has 1 amide bonds. The van der Waals surface area contributed by atoms with Gasteiger partial charge in [-0.05, 0) is 18.2 Å². The Morgan fingerprint density at radius 2 is 2.05 bits per heavy atom. The van der Waals surface area contributed by atoms with E-state index >= 15 is 0 Å². The van der Waals surface area contributed by atoms with E-state index in [1.165, 1.54) is 7.05 Å². The fourth-order valence-electron chi connectivity index (χ4n) is 1.38. The molecule has 116 valence electrons. The lowest BCUT2D eigenvalue weighted by molar-refractivity contribution is -0.137. The molecule has 10 heteroatoms. The highest BCUT2D eigenvalue weighted by Crippen LogP contribution is 2.16. The number of carbonyl (C=O) groups is 2. The van der Waals surface area contributed by atoms with E-state index in [9.17, 15) is 22.4 Å². The number of anilines is 1. The number of carbonyl (C=O) groups excluding carboxylic acids is 1. The van der Waals surface area contributed by atoms with Crippen molar-refractivity contribution in [2.75, 3.05) is 18.3 Å². The van der Waals surface area contributed by atoms with Gasteiger partial charge in [-0.15, -0.1) is 0 Å². The number of nitrogens with two attached hydrogens (primary N) is 1. The average molecular weight is 319 g/mol. The molecule has 1 aromatic rings. The van der Waals surface area contributed by atoms with Crippen LogP contribution in [0.3, 0.4) is 0 Å². The highest BCUT2D eigenvalue weighted by molar-refractivity contribution is 7.90. The van der Waals surface area contributed by atoms with Crippen molar-refractivity contribution in [3.05, 3.63) is 29.6 Å². The fourth-order valence-corrected chi connectivity index (χ4v) is 2.29. The quantitative estimate of drug-likeness (QED) is 0.650. The molecule has 1 aromatic carbocycles. The van der Waals surface area contributed by atoms with Crippen LogP contribution in [0.15, 0.2) is 18.2 Å². The maximum Gasteiger partial charge on any atom is 0.304 e. The van der Waals surface area contributed by atoms with Crippen LogP contribution in [-0.2, 0) is 15.0 Å². The number of nitrogens with zero attached hydrogens (tertiary/aromatic N) is 1. The zero-order chi connectivity index (χ0) is 16.2. The summed E-state index contributed by atoms with van der Waals surface area (Å²) in [6.45, 7) is -0.242. The summed E-state index contributed by atoms with van der Waals surface area (Å²) in [5.41, 5.74) is 4.44. The minimum absolute atomic E-state index is 0.0626. The van der Waals surface area contributed by atoms with Gasteiger partial charge in [0.15, 0.2) is 0 Å². The molecule has 0 unspecified atom stereocenters. The molecule has 0 aliphatic carbocycles. The van der Waals surface area contributed by atoms with Gasteiger partial charge in [-0.3, -0.25) is 14.3 Å². The van der Waals surface area contributed by atoms with Crippen LogP contribution >= 0.6 is 0 Å². The maximum absolute atomic E-state index is 13.3. The molecule has 0 heterocycles. The number of primary amides is 1. The van der Waals surface area contributed by atoms with Crippen molar-refractivity contribution >= 4 is 27.8 Å². The van der Waals surface area contributed by atoms with Gasteiger partial charge in [0.25, 0.3) is 5.91 Å². The summed E-state index contributed by atoms with van der Waals surface area (Å²) < 4.78 is 39.9. The Kier molecular flexibility index (Phi) is 5.22. The van der Waals surface area contributed by atoms with Gasteiger partial charge in [0.1, 0.15) is 5.82 Å². The summed E-state index contributed by atoms with van der Waals surface area (Å²) in [6.07, 6.45) is -0.368. The van der Waals surface area contributed by atoms with E-state index in [0.29, 0.717) is 0 Å². The van der Waals surface area contributed by atoms with E-state index in [2.05, 4.69) is 4.72 Å². The summed E-state index contributed by atoms with van der Waals surface area (Å²) in [4.78, 5) is 21.4. The van der Waals surface area contributed by atoms with Gasteiger partial charge >= 0.3 is 16.2 Å². The normalized spacial score (nSPS) is 11.4. The van der Waals surface area contributed by atoms with E-state index in [4.69, 9.17) is 10.8 Å². The lowest BCUT2D eigenvalue weighted by Gasteiger charge is -2.17. The van der Waals surface area contributed by atoms with Crippen molar-refractivity contribution in [2.24, 2.45) is 5.73 Å². The predicted molar refractivity (Wildman–Crippen MR) is 72.3 cm³/mol. The van der Waals surface area contributed by atoms with Crippen molar-refractivity contribution in [2.45, 2.75) is 6.42 Å². The van der Waals surface area contributed by atoms with Crippen LogP contribution in [0.25, 0.3) is 0 Å². The number of halogens is 1. The monoisotopic (exact) mass is 319 g/mol. The Morgan fingerprint density at radius 1 is 1.43 bits per heavy atom. The van der Waals surface area contributed by atoms with Gasteiger partial charge in [-0.25, -0.2) is 4.39 Å². The Morgan fingerprint density at radius 3 is 2.57 bits per heavy atom. The number of benzene rings is 1. The minimum atomic E-state index is -4.02. The summed E-state index contributed by atoms with van der Waals surface area (Å²) in [5, 5.41) is 8.51. The largest absolute Gasteiger partial charge is 0.481 e. The molecule has 1 rings (SSSR count). The SMILES string of the molecule is CN(CCC(=O)O)S(=O)(=O)Nc1ccc(F)c(C(N)=O)c1. The third kappa shape index (κ3) is 4.68. The fraction of sp³-hybridized carbons (Fsp3) is 0.273. The Labute approximate surface area is 120 Å². The minimum Gasteiger partial charge on any atom is -0.481 e. The molecule has 0 atom stereocenters. The standard InChI is InChI=1S/C11H14FN3O5S/c1-15(5-4-10(16)17)21(19,20)14-7-2-3-9(12)8(6-7)11(13)18/h2-3,6,14H,4-5H2,1H3,(H2,13,18)(H,16,17). The molecule has 0 saturated carbocycles. The zero-order valence-electron chi connectivity index (χ0n) is 11.0. The Hall–Kier alpha value is -2.20. The number of rotatable bonds is 7. The summed E-state index contributed by atoms with van der Waals surface area (Å²) in [5.74, 6) is -3.05. The molecule has 0 aromatic heterocycles. The molecule has 0 aliphatic rings. The number of nitrogens with one attached hydrogen (secondary N) is 1. The summed E-state index contributed by atoms with van der Waals surface area (Å²) >= 11 is 0. The molecule has 0 radical (unpaired) electrons. The Balaban J connectivity index is 2.91. The van der Waals surface area contributed by atoms with Crippen LogP contribution in [0.1, 0.15) is 16.8 Å². The molecular formula is C11H14FN3O5S. The van der Waals surface area contributed by atoms with E-state index in [-0.39, 0.29) is 18.7 Å². The first kappa shape index (κ1) is 16.9. The summed E-state index contributed by atoms with van der Waals surface area (Å²) in [7, 11) is -2.83. The summed E-state index contributed by atoms with van der Waals surface area (Å²) in [6, 6.07) is 2.97. The predicted octanol–water partition coefficient (Wildman–Crippen LogP) is -0.0122. The molecular weight excluding hydrogens is 305 g/mol. The first-order valence-electron chi connectivity index (χ1n) is 5.68. The molecule has 0 fully saturated rings. The van der Waals surface area contributed by atoms with Crippen LogP contribution in [0.2, 0.25) is 0 Å². The number of aliphatic carboxylic acids is 1. The van der Waals surface area contributed by atoms with E-state index < -0.39 is 33.5 Å². The van der Waals surface area contributed by atoms with Crippen LogP contribution in [0, 0.1) is 5.82 Å². The molecule has 0 spiro atoms.